The van der Waals surface area contributed by atoms with Gasteiger partial charge in [-0.3, -0.25) is 4.79 Å². The first-order chi connectivity index (χ1) is 10.6. The Bertz CT molecular complexity index is 613. The minimum Gasteiger partial charge on any atom is -0.497 e. The lowest BCUT2D eigenvalue weighted by Crippen LogP contribution is -2.37. The molecule has 0 unspecified atom stereocenters. The number of ether oxygens (including phenoxy) is 2. The number of benzene rings is 2. The van der Waals surface area contributed by atoms with Gasteiger partial charge in [0.1, 0.15) is 11.5 Å². The van der Waals surface area contributed by atoms with E-state index in [1.165, 1.54) is 0 Å². The molecule has 4 heteroatoms. The predicted octanol–water partition coefficient (Wildman–Crippen LogP) is 3.34. The lowest BCUT2D eigenvalue weighted by atomic mass is 10.1. The van der Waals surface area contributed by atoms with Crippen molar-refractivity contribution in [1.29, 1.82) is 0 Å². The Labute approximate surface area is 131 Å². The van der Waals surface area contributed by atoms with E-state index in [2.05, 4.69) is 5.32 Å². The van der Waals surface area contributed by atoms with E-state index in [0.717, 1.165) is 5.56 Å². The average Bonchev–Trinajstić information content (AvgIpc) is 2.55. The molecule has 0 saturated heterocycles. The molecule has 0 spiro atoms. The van der Waals surface area contributed by atoms with Crippen LogP contribution < -0.4 is 14.8 Å². The van der Waals surface area contributed by atoms with Gasteiger partial charge in [-0.2, -0.15) is 0 Å². The van der Waals surface area contributed by atoms with Gasteiger partial charge in [0.15, 0.2) is 6.10 Å². The number of carbonyl (C=O) groups excluding carboxylic acids is 1. The molecule has 4 nitrogen and oxygen atoms in total. The van der Waals surface area contributed by atoms with Crippen LogP contribution in [-0.2, 0) is 4.79 Å². The molecule has 0 aromatic heterocycles. The standard InChI is InChI=1S/C18H21NO3/c1-13(15-8-5-4-6-9-15)19-18(20)14(2)22-17-11-7-10-16(12-17)21-3/h4-14H,1-3H3,(H,19,20)/t13-,14-/m1/s1. The number of rotatable bonds is 6. The molecular weight excluding hydrogens is 278 g/mol. The first-order valence-corrected chi connectivity index (χ1v) is 7.26. The van der Waals surface area contributed by atoms with Gasteiger partial charge in [0.25, 0.3) is 5.91 Å². The normalized spacial score (nSPS) is 13.0. The van der Waals surface area contributed by atoms with Crippen molar-refractivity contribution < 1.29 is 14.3 Å². The Morgan fingerprint density at radius 3 is 2.36 bits per heavy atom. The molecule has 0 saturated carbocycles. The zero-order chi connectivity index (χ0) is 15.9. The fourth-order valence-electron chi connectivity index (χ4n) is 2.09. The first kappa shape index (κ1) is 15.9. The van der Waals surface area contributed by atoms with Crippen LogP contribution in [0.3, 0.4) is 0 Å². The Hall–Kier alpha value is -2.49. The molecule has 2 atom stereocenters. The third-order valence-electron chi connectivity index (χ3n) is 3.38. The van der Waals surface area contributed by atoms with Gasteiger partial charge < -0.3 is 14.8 Å². The quantitative estimate of drug-likeness (QED) is 0.890. The van der Waals surface area contributed by atoms with E-state index in [1.807, 2.05) is 49.4 Å². The molecule has 0 radical (unpaired) electrons. The summed E-state index contributed by atoms with van der Waals surface area (Å²) >= 11 is 0. The monoisotopic (exact) mass is 299 g/mol. The number of carbonyl (C=O) groups is 1. The van der Waals surface area contributed by atoms with E-state index in [1.54, 1.807) is 26.2 Å². The van der Waals surface area contributed by atoms with E-state index in [4.69, 9.17) is 9.47 Å². The summed E-state index contributed by atoms with van der Waals surface area (Å²) in [5, 5.41) is 2.95. The summed E-state index contributed by atoms with van der Waals surface area (Å²) in [7, 11) is 1.59. The fraction of sp³-hybridized carbons (Fsp3) is 0.278. The number of methoxy groups -OCH3 is 1. The third-order valence-corrected chi connectivity index (χ3v) is 3.38. The van der Waals surface area contributed by atoms with Gasteiger partial charge in [0.05, 0.1) is 13.2 Å². The van der Waals surface area contributed by atoms with Crippen LogP contribution in [0.15, 0.2) is 54.6 Å². The van der Waals surface area contributed by atoms with Crippen molar-refractivity contribution >= 4 is 5.91 Å². The number of nitrogens with one attached hydrogen (secondary N) is 1. The first-order valence-electron chi connectivity index (χ1n) is 7.26. The smallest absolute Gasteiger partial charge is 0.261 e. The van der Waals surface area contributed by atoms with Crippen LogP contribution in [0.2, 0.25) is 0 Å². The van der Waals surface area contributed by atoms with E-state index < -0.39 is 6.10 Å². The Kier molecular flexibility index (Phi) is 5.42. The topological polar surface area (TPSA) is 47.6 Å². The number of hydrogen-bond acceptors (Lipinski definition) is 3. The van der Waals surface area contributed by atoms with Gasteiger partial charge in [-0.1, -0.05) is 36.4 Å². The summed E-state index contributed by atoms with van der Waals surface area (Å²) in [6.07, 6.45) is -0.585. The van der Waals surface area contributed by atoms with Crippen LogP contribution in [0.1, 0.15) is 25.5 Å². The lowest BCUT2D eigenvalue weighted by molar-refractivity contribution is -0.127. The molecule has 0 aliphatic carbocycles. The van der Waals surface area contributed by atoms with Gasteiger partial charge in [-0.05, 0) is 31.5 Å². The van der Waals surface area contributed by atoms with Crippen LogP contribution in [-0.4, -0.2) is 19.1 Å². The molecule has 0 heterocycles. The minimum atomic E-state index is -0.585. The summed E-state index contributed by atoms with van der Waals surface area (Å²) in [6, 6.07) is 17.0. The molecule has 1 N–H and O–H groups in total. The molecule has 0 aliphatic heterocycles. The molecule has 0 aliphatic rings. The van der Waals surface area contributed by atoms with Gasteiger partial charge in [-0.15, -0.1) is 0 Å². The second-order valence-electron chi connectivity index (χ2n) is 5.08. The van der Waals surface area contributed by atoms with Crippen LogP contribution in [0, 0.1) is 0 Å². The van der Waals surface area contributed by atoms with Crippen LogP contribution in [0.4, 0.5) is 0 Å². The molecule has 2 aromatic carbocycles. The Morgan fingerprint density at radius 2 is 1.68 bits per heavy atom. The Morgan fingerprint density at radius 1 is 1.00 bits per heavy atom. The van der Waals surface area contributed by atoms with Crippen molar-refractivity contribution in [3.63, 3.8) is 0 Å². The highest BCUT2D eigenvalue weighted by Gasteiger charge is 2.17. The van der Waals surface area contributed by atoms with Crippen molar-refractivity contribution in [1.82, 2.24) is 5.32 Å². The van der Waals surface area contributed by atoms with Crippen LogP contribution in [0.5, 0.6) is 11.5 Å². The zero-order valence-corrected chi connectivity index (χ0v) is 13.1. The summed E-state index contributed by atoms with van der Waals surface area (Å²) < 4.78 is 10.8. The predicted molar refractivity (Wildman–Crippen MR) is 86.1 cm³/mol. The van der Waals surface area contributed by atoms with Gasteiger partial charge >= 0.3 is 0 Å². The fourth-order valence-corrected chi connectivity index (χ4v) is 2.09. The van der Waals surface area contributed by atoms with Crippen molar-refractivity contribution in [2.75, 3.05) is 7.11 Å². The van der Waals surface area contributed by atoms with Crippen molar-refractivity contribution in [2.45, 2.75) is 26.0 Å². The molecule has 22 heavy (non-hydrogen) atoms. The average molecular weight is 299 g/mol. The summed E-state index contributed by atoms with van der Waals surface area (Å²) in [5.74, 6) is 1.15. The lowest BCUT2D eigenvalue weighted by Gasteiger charge is -2.19. The molecular formula is C18H21NO3. The molecule has 1 amide bonds. The maximum Gasteiger partial charge on any atom is 0.261 e. The molecule has 116 valence electrons. The van der Waals surface area contributed by atoms with E-state index >= 15 is 0 Å². The highest BCUT2D eigenvalue weighted by atomic mass is 16.5. The second-order valence-corrected chi connectivity index (χ2v) is 5.08. The summed E-state index contributed by atoms with van der Waals surface area (Å²) in [5.41, 5.74) is 1.06. The number of amides is 1. The summed E-state index contributed by atoms with van der Waals surface area (Å²) in [4.78, 5) is 12.2. The highest BCUT2D eigenvalue weighted by Crippen LogP contribution is 2.20. The van der Waals surface area contributed by atoms with Crippen molar-refractivity contribution in [3.8, 4) is 11.5 Å². The van der Waals surface area contributed by atoms with Crippen molar-refractivity contribution in [2.24, 2.45) is 0 Å². The summed E-state index contributed by atoms with van der Waals surface area (Å²) in [6.45, 7) is 3.68. The van der Waals surface area contributed by atoms with Gasteiger partial charge in [0.2, 0.25) is 0 Å². The maximum absolute atomic E-state index is 12.2. The van der Waals surface area contributed by atoms with Crippen molar-refractivity contribution in [3.05, 3.63) is 60.2 Å². The molecule has 0 fully saturated rings. The Balaban J connectivity index is 1.94. The zero-order valence-electron chi connectivity index (χ0n) is 13.1. The largest absolute Gasteiger partial charge is 0.497 e. The molecule has 0 bridgehead atoms. The third kappa shape index (κ3) is 4.25. The van der Waals surface area contributed by atoms with Gasteiger partial charge in [-0.25, -0.2) is 0 Å². The van der Waals surface area contributed by atoms with Crippen LogP contribution in [0.25, 0.3) is 0 Å². The van der Waals surface area contributed by atoms with E-state index in [-0.39, 0.29) is 11.9 Å². The molecule has 2 aromatic rings. The van der Waals surface area contributed by atoms with E-state index in [0.29, 0.717) is 11.5 Å². The van der Waals surface area contributed by atoms with Crippen LogP contribution >= 0.6 is 0 Å². The maximum atomic E-state index is 12.2. The van der Waals surface area contributed by atoms with Gasteiger partial charge in [0, 0.05) is 6.07 Å². The number of hydrogen-bond donors (Lipinski definition) is 1. The minimum absolute atomic E-state index is 0.0648. The van der Waals surface area contributed by atoms with E-state index in [9.17, 15) is 4.79 Å². The second kappa shape index (κ2) is 7.50. The molecule has 2 rings (SSSR count). The SMILES string of the molecule is COc1cccc(O[C@H](C)C(=O)N[C@H](C)c2ccccc2)c1. The highest BCUT2D eigenvalue weighted by molar-refractivity contribution is 5.81.